The summed E-state index contributed by atoms with van der Waals surface area (Å²) in [6.45, 7) is 1.75. The summed E-state index contributed by atoms with van der Waals surface area (Å²) in [5, 5.41) is 14.6. The van der Waals surface area contributed by atoms with Gasteiger partial charge in [-0.1, -0.05) is 0 Å². The van der Waals surface area contributed by atoms with Crippen LogP contribution in [0.2, 0.25) is 0 Å². The number of nitro groups is 1. The normalized spacial score (nSPS) is 15.8. The van der Waals surface area contributed by atoms with Gasteiger partial charge in [-0.25, -0.2) is 5.43 Å². The fraction of sp³-hybridized carbons (Fsp3) is 0.0667. The van der Waals surface area contributed by atoms with Crippen LogP contribution in [0.4, 0.5) is 5.69 Å². The van der Waals surface area contributed by atoms with E-state index in [2.05, 4.69) is 10.5 Å². The van der Waals surface area contributed by atoms with Crippen molar-refractivity contribution >= 4 is 23.4 Å². The van der Waals surface area contributed by atoms with Crippen molar-refractivity contribution < 1.29 is 9.72 Å². The van der Waals surface area contributed by atoms with Gasteiger partial charge in [-0.3, -0.25) is 14.9 Å². The molecule has 2 heterocycles. The Bertz CT molecular complexity index is 816. The molecule has 7 heteroatoms. The molecule has 1 aromatic heterocycles. The molecule has 2 aromatic rings. The van der Waals surface area contributed by atoms with Crippen LogP contribution in [0.5, 0.6) is 0 Å². The van der Waals surface area contributed by atoms with Crippen molar-refractivity contribution in [3.05, 3.63) is 64.0 Å². The van der Waals surface area contributed by atoms with E-state index >= 15 is 0 Å². The summed E-state index contributed by atoms with van der Waals surface area (Å²) >= 11 is 0. The van der Waals surface area contributed by atoms with Crippen LogP contribution in [0.3, 0.4) is 0 Å². The highest BCUT2D eigenvalue weighted by Gasteiger charge is 2.19. The quantitative estimate of drug-likeness (QED) is 0.535. The number of hydrazone groups is 1. The molecule has 0 saturated heterocycles. The maximum absolute atomic E-state index is 11.7. The highest BCUT2D eigenvalue weighted by Crippen LogP contribution is 2.20. The van der Waals surface area contributed by atoms with Gasteiger partial charge in [0.05, 0.1) is 16.2 Å². The van der Waals surface area contributed by atoms with Crippen LogP contribution < -0.4 is 5.43 Å². The molecule has 1 aliphatic rings. The van der Waals surface area contributed by atoms with Crippen molar-refractivity contribution in [3.63, 3.8) is 0 Å². The molecule has 1 aromatic carbocycles. The molecule has 0 spiro atoms. The van der Waals surface area contributed by atoms with E-state index < -0.39 is 4.92 Å². The number of carbonyl (C=O) groups excluding carboxylic acids is 1. The van der Waals surface area contributed by atoms with Crippen molar-refractivity contribution in [2.45, 2.75) is 6.92 Å². The van der Waals surface area contributed by atoms with Gasteiger partial charge in [0, 0.05) is 29.7 Å². The molecule has 0 radical (unpaired) electrons. The van der Waals surface area contributed by atoms with Crippen molar-refractivity contribution in [1.82, 2.24) is 9.99 Å². The van der Waals surface area contributed by atoms with Gasteiger partial charge < -0.3 is 4.57 Å². The number of non-ortho nitro benzene ring substituents is 1. The van der Waals surface area contributed by atoms with E-state index in [1.165, 1.54) is 12.1 Å². The van der Waals surface area contributed by atoms with Crippen LogP contribution in [-0.4, -0.2) is 21.1 Å². The highest BCUT2D eigenvalue weighted by atomic mass is 16.6. The third-order valence-electron chi connectivity index (χ3n) is 3.37. The molecule has 0 fully saturated rings. The lowest BCUT2D eigenvalue weighted by Crippen LogP contribution is -2.12. The number of nitrogens with zero attached hydrogens (tertiary/aromatic N) is 3. The summed E-state index contributed by atoms with van der Waals surface area (Å²) in [5.41, 5.74) is 5.13. The van der Waals surface area contributed by atoms with Crippen LogP contribution >= 0.6 is 0 Å². The van der Waals surface area contributed by atoms with Gasteiger partial charge in [-0.15, -0.1) is 0 Å². The van der Waals surface area contributed by atoms with E-state index in [4.69, 9.17) is 0 Å². The first kappa shape index (κ1) is 13.7. The summed E-state index contributed by atoms with van der Waals surface area (Å²) in [6, 6.07) is 9.91. The smallest absolute Gasteiger partial charge is 0.273 e. The van der Waals surface area contributed by atoms with E-state index in [0.29, 0.717) is 11.3 Å². The third-order valence-corrected chi connectivity index (χ3v) is 3.37. The number of carbonyl (C=O) groups is 1. The molecule has 7 nitrogen and oxygen atoms in total. The van der Waals surface area contributed by atoms with Crippen LogP contribution in [0.15, 0.2) is 53.3 Å². The average Bonchev–Trinajstić information content (AvgIpc) is 3.09. The minimum atomic E-state index is -0.439. The average molecular weight is 296 g/mol. The minimum Gasteiger partial charge on any atom is -0.317 e. The second-order valence-corrected chi connectivity index (χ2v) is 4.77. The molecule has 3 rings (SSSR count). The Balaban J connectivity index is 1.99. The first-order valence-corrected chi connectivity index (χ1v) is 6.55. The van der Waals surface area contributed by atoms with Crippen molar-refractivity contribution in [2.24, 2.45) is 5.10 Å². The molecular weight excluding hydrogens is 284 g/mol. The standard InChI is InChI=1S/C15H12N4O3/c1-10-14(15(20)17-16-10)9-13-3-2-8-18(13)11-4-6-12(7-5-11)19(21)22/h2-9H,1H3,(H,17,20)/b14-9-. The SMILES string of the molecule is CC1=NNC(=O)/C1=C\c1cccn1-c1ccc([N+](=O)[O-])cc1. The third kappa shape index (κ3) is 2.39. The lowest BCUT2D eigenvalue weighted by Gasteiger charge is -2.07. The fourth-order valence-corrected chi connectivity index (χ4v) is 2.22. The highest BCUT2D eigenvalue weighted by molar-refractivity contribution is 6.26. The summed E-state index contributed by atoms with van der Waals surface area (Å²) < 4.78 is 1.84. The maximum Gasteiger partial charge on any atom is 0.273 e. The predicted octanol–water partition coefficient (Wildman–Crippen LogP) is 2.27. The number of benzene rings is 1. The Kier molecular flexibility index (Phi) is 3.30. The van der Waals surface area contributed by atoms with Gasteiger partial charge in [-0.05, 0) is 37.3 Å². The molecule has 0 atom stereocenters. The summed E-state index contributed by atoms with van der Waals surface area (Å²) in [4.78, 5) is 22.0. The van der Waals surface area contributed by atoms with E-state index in [1.807, 2.05) is 22.9 Å². The lowest BCUT2D eigenvalue weighted by molar-refractivity contribution is -0.384. The van der Waals surface area contributed by atoms with Gasteiger partial charge in [0.2, 0.25) is 0 Å². The van der Waals surface area contributed by atoms with E-state index in [0.717, 1.165) is 11.4 Å². The number of nitrogens with one attached hydrogen (secondary N) is 1. The van der Waals surface area contributed by atoms with Gasteiger partial charge in [0.25, 0.3) is 11.6 Å². The first-order chi connectivity index (χ1) is 10.6. The van der Waals surface area contributed by atoms with Crippen molar-refractivity contribution in [3.8, 4) is 5.69 Å². The Morgan fingerprint density at radius 1 is 1.27 bits per heavy atom. The van der Waals surface area contributed by atoms with E-state index in [1.54, 1.807) is 25.1 Å². The number of aromatic nitrogens is 1. The van der Waals surface area contributed by atoms with Gasteiger partial charge in [0.15, 0.2) is 0 Å². The van der Waals surface area contributed by atoms with Crippen molar-refractivity contribution in [2.75, 3.05) is 0 Å². The van der Waals surface area contributed by atoms with Crippen molar-refractivity contribution in [1.29, 1.82) is 0 Å². The Labute approximate surface area is 125 Å². The van der Waals surface area contributed by atoms with E-state index in [9.17, 15) is 14.9 Å². The fourth-order valence-electron chi connectivity index (χ4n) is 2.22. The van der Waals surface area contributed by atoms with Crippen LogP contribution in [-0.2, 0) is 4.79 Å². The zero-order chi connectivity index (χ0) is 15.7. The monoisotopic (exact) mass is 296 g/mol. The molecular formula is C15H12N4O3. The number of amides is 1. The van der Waals surface area contributed by atoms with Gasteiger partial charge in [0.1, 0.15) is 0 Å². The Hall–Kier alpha value is -3.22. The zero-order valence-electron chi connectivity index (χ0n) is 11.7. The molecule has 0 bridgehead atoms. The number of rotatable bonds is 3. The minimum absolute atomic E-state index is 0.0361. The molecule has 1 aliphatic heterocycles. The topological polar surface area (TPSA) is 89.5 Å². The Morgan fingerprint density at radius 3 is 2.59 bits per heavy atom. The zero-order valence-corrected chi connectivity index (χ0v) is 11.7. The second-order valence-electron chi connectivity index (χ2n) is 4.77. The molecule has 1 N–H and O–H groups in total. The number of hydrogen-bond acceptors (Lipinski definition) is 4. The summed E-state index contributed by atoms with van der Waals surface area (Å²) in [7, 11) is 0. The second kappa shape index (κ2) is 5.28. The summed E-state index contributed by atoms with van der Waals surface area (Å²) in [5.74, 6) is -0.242. The number of nitro benzene ring substituents is 1. The van der Waals surface area contributed by atoms with E-state index in [-0.39, 0.29) is 11.6 Å². The first-order valence-electron chi connectivity index (χ1n) is 6.55. The predicted molar refractivity (Wildman–Crippen MR) is 81.7 cm³/mol. The lowest BCUT2D eigenvalue weighted by atomic mass is 10.1. The molecule has 0 saturated carbocycles. The molecule has 0 aliphatic carbocycles. The molecule has 22 heavy (non-hydrogen) atoms. The molecule has 110 valence electrons. The molecule has 1 amide bonds. The van der Waals surface area contributed by atoms with Crippen LogP contribution in [0.1, 0.15) is 12.6 Å². The van der Waals surface area contributed by atoms with Crippen LogP contribution in [0.25, 0.3) is 11.8 Å². The van der Waals surface area contributed by atoms with Gasteiger partial charge in [-0.2, -0.15) is 5.10 Å². The largest absolute Gasteiger partial charge is 0.317 e. The Morgan fingerprint density at radius 2 is 2.00 bits per heavy atom. The maximum atomic E-state index is 11.7. The number of hydrogen-bond donors (Lipinski definition) is 1. The molecule has 0 unspecified atom stereocenters. The van der Waals surface area contributed by atoms with Crippen LogP contribution in [0, 0.1) is 10.1 Å². The van der Waals surface area contributed by atoms with Gasteiger partial charge >= 0.3 is 0 Å². The summed E-state index contributed by atoms with van der Waals surface area (Å²) in [6.07, 6.45) is 3.56.